The number of allylic oxidation sites excluding steroid dienone is 1. The van der Waals surface area contributed by atoms with Gasteiger partial charge >= 0.3 is 0 Å². The van der Waals surface area contributed by atoms with Gasteiger partial charge < -0.3 is 9.47 Å². The standard InChI is InChI=1S/C17H28Cl2O2/c1-4-6-7-14(5-2)12-21-16-8-9-17(13-19,20-3)15(10-16)11-18/h8-10,14-15H,4-7,11-13H2,1-3H3. The molecular weight excluding hydrogens is 307 g/mol. The second-order valence-corrected chi connectivity index (χ2v) is 6.26. The van der Waals surface area contributed by atoms with Crippen LogP contribution < -0.4 is 0 Å². The Morgan fingerprint density at radius 1 is 1.33 bits per heavy atom. The van der Waals surface area contributed by atoms with E-state index in [4.69, 9.17) is 32.7 Å². The number of rotatable bonds is 10. The molecule has 4 heteroatoms. The summed E-state index contributed by atoms with van der Waals surface area (Å²) >= 11 is 12.1. The zero-order chi connectivity index (χ0) is 15.7. The third kappa shape index (κ3) is 5.19. The van der Waals surface area contributed by atoms with Crippen LogP contribution in [0.1, 0.15) is 39.5 Å². The Balaban J connectivity index is 2.61. The number of hydrogen-bond donors (Lipinski definition) is 0. The molecule has 1 aliphatic carbocycles. The lowest BCUT2D eigenvalue weighted by Crippen LogP contribution is -2.42. The molecule has 0 radical (unpaired) electrons. The minimum Gasteiger partial charge on any atom is -0.494 e. The normalized spacial score (nSPS) is 26.5. The largest absolute Gasteiger partial charge is 0.494 e. The predicted molar refractivity (Wildman–Crippen MR) is 91.2 cm³/mol. The fraction of sp³-hybridized carbons (Fsp3) is 0.765. The van der Waals surface area contributed by atoms with Gasteiger partial charge in [0.15, 0.2) is 0 Å². The summed E-state index contributed by atoms with van der Waals surface area (Å²) in [5.41, 5.74) is -0.511. The summed E-state index contributed by atoms with van der Waals surface area (Å²) in [7, 11) is 1.67. The SMILES string of the molecule is CCCCC(CC)COC1=CC(CCl)C(CCl)(OC)C=C1. The Bertz CT molecular complexity index is 349. The molecule has 0 aliphatic heterocycles. The number of unbranched alkanes of at least 4 members (excludes halogenated alkanes) is 1. The summed E-state index contributed by atoms with van der Waals surface area (Å²) in [5.74, 6) is 2.39. The van der Waals surface area contributed by atoms with Crippen LogP contribution in [0.5, 0.6) is 0 Å². The van der Waals surface area contributed by atoms with E-state index in [2.05, 4.69) is 13.8 Å². The van der Waals surface area contributed by atoms with Crippen LogP contribution in [0.2, 0.25) is 0 Å². The Kier molecular flexibility index (Phi) is 8.77. The second-order valence-electron chi connectivity index (χ2n) is 5.68. The molecule has 0 saturated heterocycles. The van der Waals surface area contributed by atoms with Gasteiger partial charge in [-0.15, -0.1) is 23.2 Å². The van der Waals surface area contributed by atoms with E-state index >= 15 is 0 Å². The topological polar surface area (TPSA) is 18.5 Å². The van der Waals surface area contributed by atoms with E-state index in [-0.39, 0.29) is 5.92 Å². The molecule has 0 bridgehead atoms. The molecule has 0 aromatic carbocycles. The van der Waals surface area contributed by atoms with Gasteiger partial charge in [-0.3, -0.25) is 0 Å². The summed E-state index contributed by atoms with van der Waals surface area (Å²) < 4.78 is 11.5. The monoisotopic (exact) mass is 334 g/mol. The molecule has 2 nitrogen and oxygen atoms in total. The number of alkyl halides is 2. The molecule has 0 heterocycles. The van der Waals surface area contributed by atoms with Crippen LogP contribution in [0.15, 0.2) is 24.0 Å². The molecule has 0 saturated carbocycles. The maximum absolute atomic E-state index is 6.07. The highest BCUT2D eigenvalue weighted by atomic mass is 35.5. The van der Waals surface area contributed by atoms with E-state index in [9.17, 15) is 0 Å². The summed E-state index contributed by atoms with van der Waals surface area (Å²) in [6.07, 6.45) is 10.9. The molecule has 0 amide bonds. The molecule has 3 unspecified atom stereocenters. The fourth-order valence-corrected chi connectivity index (χ4v) is 3.29. The third-order valence-electron chi connectivity index (χ3n) is 4.31. The molecule has 0 aromatic rings. The average molecular weight is 335 g/mol. The summed E-state index contributed by atoms with van der Waals surface area (Å²) in [6, 6.07) is 0. The highest BCUT2D eigenvalue weighted by Crippen LogP contribution is 2.33. The fourth-order valence-electron chi connectivity index (χ4n) is 2.54. The van der Waals surface area contributed by atoms with E-state index < -0.39 is 5.60 Å². The highest BCUT2D eigenvalue weighted by molar-refractivity contribution is 6.19. The molecule has 0 fully saturated rings. The molecular formula is C17H28Cl2O2. The number of ether oxygens (including phenoxy) is 2. The molecule has 0 N–H and O–H groups in total. The van der Waals surface area contributed by atoms with Crippen molar-refractivity contribution < 1.29 is 9.47 Å². The first-order valence-corrected chi connectivity index (χ1v) is 8.93. The maximum atomic E-state index is 6.07. The van der Waals surface area contributed by atoms with E-state index in [0.29, 0.717) is 17.7 Å². The van der Waals surface area contributed by atoms with Crippen molar-refractivity contribution in [1.82, 2.24) is 0 Å². The van der Waals surface area contributed by atoms with Crippen LogP contribution in [0.4, 0.5) is 0 Å². The molecule has 0 aromatic heterocycles. The summed E-state index contributed by atoms with van der Waals surface area (Å²) in [5, 5.41) is 0. The quantitative estimate of drug-likeness (QED) is 0.514. The van der Waals surface area contributed by atoms with Crippen molar-refractivity contribution in [3.8, 4) is 0 Å². The number of halogens is 2. The third-order valence-corrected chi connectivity index (χ3v) is 5.06. The van der Waals surface area contributed by atoms with Crippen LogP contribution in [-0.4, -0.2) is 31.1 Å². The zero-order valence-corrected chi connectivity index (χ0v) is 14.9. The van der Waals surface area contributed by atoms with E-state index in [0.717, 1.165) is 18.8 Å². The van der Waals surface area contributed by atoms with Crippen molar-refractivity contribution in [2.75, 3.05) is 25.5 Å². The lowest BCUT2D eigenvalue weighted by molar-refractivity contribution is 0.0189. The minimum absolute atomic E-state index is 0.0392. The van der Waals surface area contributed by atoms with Gasteiger partial charge in [-0.1, -0.05) is 33.1 Å². The van der Waals surface area contributed by atoms with Crippen LogP contribution >= 0.6 is 23.2 Å². The Morgan fingerprint density at radius 3 is 2.62 bits per heavy atom. The highest BCUT2D eigenvalue weighted by Gasteiger charge is 2.37. The Hall–Kier alpha value is -0.180. The molecule has 0 spiro atoms. The van der Waals surface area contributed by atoms with Gasteiger partial charge in [-0.2, -0.15) is 0 Å². The second kappa shape index (κ2) is 9.76. The van der Waals surface area contributed by atoms with Crippen LogP contribution in [0.25, 0.3) is 0 Å². The van der Waals surface area contributed by atoms with Crippen molar-refractivity contribution in [3.63, 3.8) is 0 Å². The van der Waals surface area contributed by atoms with Crippen LogP contribution in [0.3, 0.4) is 0 Å². The first-order valence-electron chi connectivity index (χ1n) is 7.86. The van der Waals surface area contributed by atoms with Gasteiger partial charge in [0, 0.05) is 18.9 Å². The maximum Gasteiger partial charge on any atom is 0.115 e. The smallest absolute Gasteiger partial charge is 0.115 e. The molecule has 1 rings (SSSR count). The minimum atomic E-state index is -0.511. The number of hydrogen-bond acceptors (Lipinski definition) is 2. The van der Waals surface area contributed by atoms with Crippen molar-refractivity contribution >= 4 is 23.2 Å². The van der Waals surface area contributed by atoms with Gasteiger partial charge in [0.25, 0.3) is 0 Å². The lowest BCUT2D eigenvalue weighted by atomic mass is 9.86. The van der Waals surface area contributed by atoms with Crippen LogP contribution in [-0.2, 0) is 9.47 Å². The zero-order valence-electron chi connectivity index (χ0n) is 13.4. The van der Waals surface area contributed by atoms with Crippen molar-refractivity contribution in [2.24, 2.45) is 11.8 Å². The Labute approximate surface area is 139 Å². The molecule has 1 aliphatic rings. The Morgan fingerprint density at radius 2 is 2.10 bits per heavy atom. The van der Waals surface area contributed by atoms with Gasteiger partial charge in [0.05, 0.1) is 12.5 Å². The van der Waals surface area contributed by atoms with E-state index in [1.807, 2.05) is 18.2 Å². The van der Waals surface area contributed by atoms with Crippen LogP contribution in [0, 0.1) is 11.8 Å². The first kappa shape index (κ1) is 18.9. The van der Waals surface area contributed by atoms with Gasteiger partial charge in [0.1, 0.15) is 11.4 Å². The van der Waals surface area contributed by atoms with E-state index in [1.54, 1.807) is 7.11 Å². The lowest BCUT2D eigenvalue weighted by Gasteiger charge is -2.35. The van der Waals surface area contributed by atoms with Gasteiger partial charge in [-0.05, 0) is 30.6 Å². The summed E-state index contributed by atoms with van der Waals surface area (Å²) in [6.45, 7) is 5.21. The van der Waals surface area contributed by atoms with Gasteiger partial charge in [-0.25, -0.2) is 0 Å². The molecule has 3 atom stereocenters. The molecule has 122 valence electrons. The summed E-state index contributed by atoms with van der Waals surface area (Å²) in [4.78, 5) is 0. The first-order chi connectivity index (χ1) is 10.2. The van der Waals surface area contributed by atoms with E-state index in [1.165, 1.54) is 19.3 Å². The number of methoxy groups -OCH3 is 1. The van der Waals surface area contributed by atoms with Gasteiger partial charge in [0.2, 0.25) is 0 Å². The predicted octanol–water partition coefficient (Wildman–Crippen LogP) is 5.15. The van der Waals surface area contributed by atoms with Crippen molar-refractivity contribution in [2.45, 2.75) is 45.1 Å². The van der Waals surface area contributed by atoms with Crippen molar-refractivity contribution in [1.29, 1.82) is 0 Å². The average Bonchev–Trinajstić information content (AvgIpc) is 2.54. The molecule has 21 heavy (non-hydrogen) atoms. The van der Waals surface area contributed by atoms with Crippen molar-refractivity contribution in [3.05, 3.63) is 24.0 Å².